The normalized spacial score (nSPS) is 28.9. The molecule has 3 aliphatic rings. The zero-order valence-corrected chi connectivity index (χ0v) is 24.0. The van der Waals surface area contributed by atoms with E-state index in [1.807, 2.05) is 56.3 Å². The average molecular weight is 561 g/mol. The van der Waals surface area contributed by atoms with Crippen LogP contribution in [0.1, 0.15) is 46.0 Å². The van der Waals surface area contributed by atoms with Crippen molar-refractivity contribution in [3.63, 3.8) is 0 Å². The van der Waals surface area contributed by atoms with E-state index in [4.69, 9.17) is 9.47 Å². The van der Waals surface area contributed by atoms with Crippen LogP contribution >= 0.6 is 0 Å². The zero-order valence-electron chi connectivity index (χ0n) is 24.0. The molecule has 0 saturated carbocycles. The van der Waals surface area contributed by atoms with Gasteiger partial charge >= 0.3 is 5.97 Å². The molecule has 2 amide bonds. The minimum atomic E-state index is -1.20. The van der Waals surface area contributed by atoms with Crippen LogP contribution in [0.15, 0.2) is 67.8 Å². The molecule has 3 aliphatic heterocycles. The highest BCUT2D eigenvalue weighted by Gasteiger charge is 2.79. The highest BCUT2D eigenvalue weighted by molar-refractivity contribution is 6.05. The number of aliphatic hydroxyl groups is 1. The smallest absolute Gasteiger partial charge is 0.312 e. The lowest BCUT2D eigenvalue weighted by Gasteiger charge is -2.39. The first-order valence-corrected chi connectivity index (χ1v) is 14.6. The molecule has 3 saturated heterocycles. The standard InChI is InChI=1S/C33H40N2O6/c1-5-9-19-40-31(39)27-26-29(37)35(24(7-3)21-36)28(33(26)17-16-32(27,8-4)41-33)30(38)34(18-6-2)25-15-14-22-12-10-11-13-23(22)20-25/h5-6,10-15,20,24,26-28,36H,1-2,7-9,16-19,21H2,3-4H3/t24-,26-,27-,28?,32+,33?/m0/s1. The van der Waals surface area contributed by atoms with Gasteiger partial charge in [0.2, 0.25) is 5.91 Å². The molecule has 2 bridgehead atoms. The van der Waals surface area contributed by atoms with Crippen molar-refractivity contribution in [2.75, 3.05) is 24.7 Å². The lowest BCUT2D eigenvalue weighted by atomic mass is 9.65. The van der Waals surface area contributed by atoms with Gasteiger partial charge in [0.05, 0.1) is 30.8 Å². The fourth-order valence-electron chi connectivity index (χ4n) is 7.38. The van der Waals surface area contributed by atoms with Crippen molar-refractivity contribution in [1.82, 2.24) is 4.90 Å². The van der Waals surface area contributed by atoms with Gasteiger partial charge < -0.3 is 24.4 Å². The maximum Gasteiger partial charge on any atom is 0.312 e. The fourth-order valence-corrected chi connectivity index (χ4v) is 7.38. The van der Waals surface area contributed by atoms with E-state index in [1.54, 1.807) is 17.1 Å². The number of ether oxygens (including phenoxy) is 2. The minimum absolute atomic E-state index is 0.169. The molecule has 0 aliphatic carbocycles. The van der Waals surface area contributed by atoms with Crippen LogP contribution in [0.2, 0.25) is 0 Å². The lowest BCUT2D eigenvalue weighted by molar-refractivity contribution is -0.162. The van der Waals surface area contributed by atoms with Gasteiger partial charge in [-0.05, 0) is 55.0 Å². The predicted octanol–water partition coefficient (Wildman–Crippen LogP) is 4.40. The molecular formula is C33H40N2O6. The summed E-state index contributed by atoms with van der Waals surface area (Å²) in [7, 11) is 0. The molecule has 0 aromatic heterocycles. The Bertz CT molecular complexity index is 1350. The van der Waals surface area contributed by atoms with Gasteiger partial charge in [0, 0.05) is 12.2 Å². The van der Waals surface area contributed by atoms with Crippen LogP contribution in [0.4, 0.5) is 5.69 Å². The highest BCUT2D eigenvalue weighted by atomic mass is 16.6. The second-order valence-electron chi connectivity index (χ2n) is 11.3. The molecule has 2 unspecified atom stereocenters. The van der Waals surface area contributed by atoms with Gasteiger partial charge in [0.15, 0.2) is 0 Å². The number of benzene rings is 2. The van der Waals surface area contributed by atoms with Gasteiger partial charge in [-0.3, -0.25) is 14.4 Å². The molecule has 5 rings (SSSR count). The third-order valence-corrected chi connectivity index (χ3v) is 9.37. The Morgan fingerprint density at radius 2 is 1.93 bits per heavy atom. The Morgan fingerprint density at radius 1 is 1.17 bits per heavy atom. The van der Waals surface area contributed by atoms with Crippen molar-refractivity contribution in [3.05, 3.63) is 67.8 Å². The van der Waals surface area contributed by atoms with Crippen LogP contribution in [0.3, 0.4) is 0 Å². The third-order valence-electron chi connectivity index (χ3n) is 9.37. The van der Waals surface area contributed by atoms with Crippen molar-refractivity contribution < 1.29 is 29.0 Å². The maximum absolute atomic E-state index is 14.8. The molecule has 3 heterocycles. The van der Waals surface area contributed by atoms with Crippen LogP contribution < -0.4 is 4.90 Å². The summed E-state index contributed by atoms with van der Waals surface area (Å²) in [6.45, 7) is 11.5. The Balaban J connectivity index is 1.61. The first-order chi connectivity index (χ1) is 19.8. The largest absolute Gasteiger partial charge is 0.465 e. The van der Waals surface area contributed by atoms with Crippen molar-refractivity contribution in [3.8, 4) is 0 Å². The van der Waals surface area contributed by atoms with Crippen molar-refractivity contribution in [1.29, 1.82) is 0 Å². The number of carbonyl (C=O) groups is 3. The second-order valence-corrected chi connectivity index (χ2v) is 11.3. The number of anilines is 1. The van der Waals surface area contributed by atoms with Crippen molar-refractivity contribution in [2.24, 2.45) is 11.8 Å². The number of fused-ring (bicyclic) bond motifs is 2. The summed E-state index contributed by atoms with van der Waals surface area (Å²) in [5, 5.41) is 12.4. The first-order valence-electron chi connectivity index (χ1n) is 14.6. The third kappa shape index (κ3) is 4.48. The van der Waals surface area contributed by atoms with E-state index in [-0.39, 0.29) is 31.6 Å². The summed E-state index contributed by atoms with van der Waals surface area (Å²) in [5.74, 6) is -2.82. The molecule has 1 N–H and O–H groups in total. The Hall–Kier alpha value is -3.49. The molecule has 8 nitrogen and oxygen atoms in total. The highest BCUT2D eigenvalue weighted by Crippen LogP contribution is 2.65. The van der Waals surface area contributed by atoms with E-state index >= 15 is 0 Å². The van der Waals surface area contributed by atoms with Crippen molar-refractivity contribution in [2.45, 2.75) is 69.2 Å². The van der Waals surface area contributed by atoms with Gasteiger partial charge in [0.1, 0.15) is 17.6 Å². The first kappa shape index (κ1) is 29.0. The lowest BCUT2D eigenvalue weighted by Crippen LogP contribution is -2.59. The molecule has 0 radical (unpaired) electrons. The van der Waals surface area contributed by atoms with E-state index in [2.05, 4.69) is 13.2 Å². The van der Waals surface area contributed by atoms with Gasteiger partial charge in [-0.1, -0.05) is 56.3 Å². The van der Waals surface area contributed by atoms with Crippen LogP contribution in [-0.2, 0) is 23.9 Å². The van der Waals surface area contributed by atoms with E-state index in [0.29, 0.717) is 37.8 Å². The summed E-state index contributed by atoms with van der Waals surface area (Å²) in [4.78, 5) is 45.8. The predicted molar refractivity (Wildman–Crippen MR) is 157 cm³/mol. The summed E-state index contributed by atoms with van der Waals surface area (Å²) < 4.78 is 12.5. The van der Waals surface area contributed by atoms with E-state index in [0.717, 1.165) is 10.8 Å². The number of likely N-dealkylation sites (tertiary alicyclic amines) is 1. The molecule has 3 fully saturated rings. The zero-order chi connectivity index (χ0) is 29.4. The fraction of sp³-hybridized carbons (Fsp3) is 0.485. The molecule has 41 heavy (non-hydrogen) atoms. The number of esters is 1. The number of amides is 2. The number of nitrogens with zero attached hydrogens (tertiary/aromatic N) is 2. The van der Waals surface area contributed by atoms with Crippen molar-refractivity contribution >= 4 is 34.2 Å². The van der Waals surface area contributed by atoms with Crippen LogP contribution in [-0.4, -0.2) is 70.8 Å². The van der Waals surface area contributed by atoms with E-state index < -0.39 is 41.1 Å². The monoisotopic (exact) mass is 560 g/mol. The molecule has 2 aromatic carbocycles. The molecule has 218 valence electrons. The van der Waals surface area contributed by atoms with Crippen LogP contribution in [0.25, 0.3) is 10.8 Å². The number of hydrogen-bond acceptors (Lipinski definition) is 6. The Morgan fingerprint density at radius 3 is 2.59 bits per heavy atom. The molecule has 1 spiro atoms. The van der Waals surface area contributed by atoms with E-state index in [1.165, 1.54) is 4.90 Å². The quantitative estimate of drug-likeness (QED) is 0.235. The average Bonchev–Trinajstić information content (AvgIpc) is 3.60. The maximum atomic E-state index is 14.8. The summed E-state index contributed by atoms with van der Waals surface area (Å²) in [5.41, 5.74) is -1.41. The van der Waals surface area contributed by atoms with Gasteiger partial charge in [-0.25, -0.2) is 0 Å². The van der Waals surface area contributed by atoms with Gasteiger partial charge in [-0.2, -0.15) is 0 Å². The number of hydrogen-bond donors (Lipinski definition) is 1. The number of rotatable bonds is 12. The molecule has 6 atom stereocenters. The number of aliphatic hydroxyl groups excluding tert-OH is 1. The molecular weight excluding hydrogens is 520 g/mol. The minimum Gasteiger partial charge on any atom is -0.465 e. The summed E-state index contributed by atoms with van der Waals surface area (Å²) in [6, 6.07) is 12.1. The Labute approximate surface area is 241 Å². The second kappa shape index (κ2) is 11.4. The van der Waals surface area contributed by atoms with E-state index in [9.17, 15) is 19.5 Å². The van der Waals surface area contributed by atoms with Crippen LogP contribution in [0.5, 0.6) is 0 Å². The topological polar surface area (TPSA) is 96.4 Å². The Kier molecular flexibility index (Phi) is 8.08. The summed E-state index contributed by atoms with van der Waals surface area (Å²) in [6.07, 6.45) is 5.79. The SMILES string of the molecule is C=CCCOC(=O)[C@@H]1[C@H]2C(=O)N([C@@H](CC)CO)C(C(=O)N(CC=C)c3ccc4ccccc4c3)C23CC[C@@]1(CC)O3. The van der Waals surface area contributed by atoms with Gasteiger partial charge in [0.25, 0.3) is 5.91 Å². The van der Waals surface area contributed by atoms with Gasteiger partial charge in [-0.15, -0.1) is 13.2 Å². The molecule has 2 aromatic rings. The summed E-state index contributed by atoms with van der Waals surface area (Å²) >= 11 is 0. The van der Waals surface area contributed by atoms with Crippen LogP contribution in [0, 0.1) is 11.8 Å². The number of carbonyl (C=O) groups excluding carboxylic acids is 3. The molecule has 8 heteroatoms.